The molecule has 1 fully saturated rings. The van der Waals surface area contributed by atoms with Crippen molar-refractivity contribution in [3.05, 3.63) is 71.5 Å². The van der Waals surface area contributed by atoms with Gasteiger partial charge in [0.1, 0.15) is 17.8 Å². The molecule has 2 unspecified atom stereocenters. The fourth-order valence-electron chi connectivity index (χ4n) is 8.22. The number of aromatic hydroxyl groups is 1. The SMILES string of the molecule is CCn1c(-c2cnccc2COC)c(CC(C)(C)COC=O)c2cc(-c3cc(O)cc(CC(NC(=O)C(C(C)C)N(C)C(=O)CCN)C(=O)N4CCCCN4)c3)ccc21. The topological polar surface area (TPSA) is 181 Å². The van der Waals surface area contributed by atoms with E-state index in [2.05, 4.69) is 53.2 Å². The number of benzene rings is 2. The zero-order valence-electron chi connectivity index (χ0n) is 35.5. The average molecular weight is 812 g/mol. The number of ether oxygens (including phenoxy) is 2. The van der Waals surface area contributed by atoms with Crippen LogP contribution in [0.5, 0.6) is 5.75 Å². The number of phenols is 1. The molecule has 0 spiro atoms. The first-order valence-corrected chi connectivity index (χ1v) is 20.5. The molecule has 2 aromatic heterocycles. The summed E-state index contributed by atoms with van der Waals surface area (Å²) in [5, 5.41) is 16.7. The van der Waals surface area contributed by atoms with E-state index in [-0.39, 0.29) is 49.5 Å². The molecule has 1 aliphatic heterocycles. The molecule has 14 heteroatoms. The van der Waals surface area contributed by atoms with Crippen LogP contribution >= 0.6 is 0 Å². The molecule has 0 aliphatic carbocycles. The number of nitrogens with two attached hydrogens (primary N) is 1. The van der Waals surface area contributed by atoms with Gasteiger partial charge < -0.3 is 35.1 Å². The maximum atomic E-state index is 14.1. The highest BCUT2D eigenvalue weighted by Gasteiger charge is 2.35. The summed E-state index contributed by atoms with van der Waals surface area (Å²) in [6.07, 6.45) is 6.14. The van der Waals surface area contributed by atoms with Crippen molar-refractivity contribution >= 4 is 35.1 Å². The summed E-state index contributed by atoms with van der Waals surface area (Å²) in [7, 11) is 3.25. The van der Waals surface area contributed by atoms with Crippen LogP contribution < -0.4 is 16.5 Å². The summed E-state index contributed by atoms with van der Waals surface area (Å²) in [4.78, 5) is 58.1. The van der Waals surface area contributed by atoms with Crippen molar-refractivity contribution in [1.82, 2.24) is 30.2 Å². The third kappa shape index (κ3) is 10.7. The summed E-state index contributed by atoms with van der Waals surface area (Å²) < 4.78 is 13.1. The number of aryl methyl sites for hydroxylation is 1. The van der Waals surface area contributed by atoms with Crippen LogP contribution in [0.4, 0.5) is 0 Å². The number of likely N-dealkylation sites (N-methyl/N-ethyl adjacent to an activating group) is 1. The molecule has 2 atom stereocenters. The standard InChI is InChI=1S/C45H61N7O7/c1-8-51-39-12-11-31(23-35(39)36(24-45(4,5)27-59-28-53)42(51)37-25-47-17-14-32(37)26-58-7)33-19-30(20-34(54)22-33)21-38(44(57)52-18-10-9-16-48-52)49-43(56)41(29(2)3)50(6)40(55)13-15-46/h11-12,14,17,19-20,22-23,25,28-29,38,41,48,54H,8-10,13,15-16,18,21,24,26-27,46H2,1-7H3,(H,49,56). The Bertz CT molecular complexity index is 2110. The lowest BCUT2D eigenvalue weighted by molar-refractivity contribution is -0.144. The van der Waals surface area contributed by atoms with Crippen LogP contribution in [-0.2, 0) is 54.6 Å². The van der Waals surface area contributed by atoms with Gasteiger partial charge in [-0.3, -0.25) is 29.2 Å². The van der Waals surface area contributed by atoms with Gasteiger partial charge in [-0.2, -0.15) is 0 Å². The van der Waals surface area contributed by atoms with E-state index >= 15 is 0 Å². The van der Waals surface area contributed by atoms with Crippen LogP contribution in [0.1, 0.15) is 70.6 Å². The van der Waals surface area contributed by atoms with E-state index < -0.39 is 23.4 Å². The van der Waals surface area contributed by atoms with Crippen LogP contribution in [-0.4, -0.2) is 101 Å². The second kappa shape index (κ2) is 20.1. The lowest BCUT2D eigenvalue weighted by Gasteiger charge is -2.34. The van der Waals surface area contributed by atoms with Gasteiger partial charge in [-0.15, -0.1) is 0 Å². The number of aromatic nitrogens is 2. The lowest BCUT2D eigenvalue weighted by Crippen LogP contribution is -2.59. The summed E-state index contributed by atoms with van der Waals surface area (Å²) in [5.74, 6) is -1.23. The highest BCUT2D eigenvalue weighted by molar-refractivity contribution is 5.96. The third-order valence-electron chi connectivity index (χ3n) is 11.0. The highest BCUT2D eigenvalue weighted by Crippen LogP contribution is 2.41. The van der Waals surface area contributed by atoms with Gasteiger partial charge in [-0.1, -0.05) is 39.8 Å². The van der Waals surface area contributed by atoms with E-state index in [1.807, 2.05) is 38.2 Å². The van der Waals surface area contributed by atoms with Gasteiger partial charge in [0, 0.05) is 87.5 Å². The van der Waals surface area contributed by atoms with Crippen molar-refractivity contribution in [2.45, 2.75) is 92.0 Å². The molecule has 0 saturated carbocycles. The van der Waals surface area contributed by atoms with E-state index in [1.54, 1.807) is 37.5 Å². The van der Waals surface area contributed by atoms with Crippen molar-refractivity contribution in [3.8, 4) is 28.1 Å². The molecular formula is C45H61N7O7. The number of amides is 3. The van der Waals surface area contributed by atoms with E-state index in [0.29, 0.717) is 44.7 Å². The minimum Gasteiger partial charge on any atom is -0.508 e. The molecule has 5 N–H and O–H groups in total. The maximum absolute atomic E-state index is 14.1. The van der Waals surface area contributed by atoms with E-state index in [9.17, 15) is 24.3 Å². The Morgan fingerprint density at radius 3 is 2.56 bits per heavy atom. The first kappa shape index (κ1) is 44.8. The molecule has 3 amide bonds. The Labute approximate surface area is 347 Å². The van der Waals surface area contributed by atoms with Gasteiger partial charge in [0.2, 0.25) is 11.8 Å². The van der Waals surface area contributed by atoms with Gasteiger partial charge in [0.15, 0.2) is 0 Å². The van der Waals surface area contributed by atoms with Crippen molar-refractivity contribution < 1.29 is 33.8 Å². The van der Waals surface area contributed by atoms with Crippen LogP contribution in [0.2, 0.25) is 0 Å². The van der Waals surface area contributed by atoms with Gasteiger partial charge in [-0.05, 0) is 90.3 Å². The van der Waals surface area contributed by atoms with Crippen molar-refractivity contribution in [2.24, 2.45) is 17.1 Å². The number of hydrazine groups is 1. The molecule has 0 bridgehead atoms. The van der Waals surface area contributed by atoms with Crippen molar-refractivity contribution in [1.29, 1.82) is 0 Å². The Kier molecular flexibility index (Phi) is 15.3. The first-order valence-electron chi connectivity index (χ1n) is 20.5. The number of methoxy groups -OCH3 is 1. The van der Waals surface area contributed by atoms with Crippen LogP contribution in [0.25, 0.3) is 33.3 Å². The molecule has 59 heavy (non-hydrogen) atoms. The molecule has 1 saturated heterocycles. The second-order valence-electron chi connectivity index (χ2n) is 16.5. The van der Waals surface area contributed by atoms with E-state index in [1.165, 1.54) is 4.90 Å². The zero-order valence-corrected chi connectivity index (χ0v) is 35.5. The minimum absolute atomic E-state index is 0.0112. The van der Waals surface area contributed by atoms with Gasteiger partial charge in [0.25, 0.3) is 12.4 Å². The molecular weight excluding hydrogens is 751 g/mol. The molecule has 4 aromatic rings. The largest absolute Gasteiger partial charge is 0.508 e. The summed E-state index contributed by atoms with van der Waals surface area (Å²) in [6.45, 7) is 13.0. The number of phenolic OH excluding ortho intramolecular Hbond substituents is 1. The van der Waals surface area contributed by atoms with Gasteiger partial charge in [0.05, 0.1) is 18.9 Å². The maximum Gasteiger partial charge on any atom is 0.293 e. The van der Waals surface area contributed by atoms with Crippen molar-refractivity contribution in [3.63, 3.8) is 0 Å². The number of hydrogen-bond donors (Lipinski definition) is 4. The third-order valence-corrected chi connectivity index (χ3v) is 11.0. The number of hydrogen-bond acceptors (Lipinski definition) is 10. The normalized spacial score (nSPS) is 14.3. The van der Waals surface area contributed by atoms with Crippen LogP contribution in [0.3, 0.4) is 0 Å². The number of nitrogens with zero attached hydrogens (tertiary/aromatic N) is 4. The Morgan fingerprint density at radius 1 is 1.12 bits per heavy atom. The monoisotopic (exact) mass is 811 g/mol. The molecule has 14 nitrogen and oxygen atoms in total. The molecule has 1 aliphatic rings. The number of pyridine rings is 1. The molecule has 5 rings (SSSR count). The highest BCUT2D eigenvalue weighted by atomic mass is 16.5. The lowest BCUT2D eigenvalue weighted by atomic mass is 9.84. The smallest absolute Gasteiger partial charge is 0.293 e. The Morgan fingerprint density at radius 2 is 1.90 bits per heavy atom. The fraction of sp³-hybridized carbons (Fsp3) is 0.489. The van der Waals surface area contributed by atoms with E-state index in [4.69, 9.17) is 15.2 Å². The molecule has 318 valence electrons. The van der Waals surface area contributed by atoms with Crippen LogP contribution in [0.15, 0.2) is 54.9 Å². The molecule has 0 radical (unpaired) electrons. The summed E-state index contributed by atoms with van der Waals surface area (Å²) in [6, 6.07) is 11.6. The van der Waals surface area contributed by atoms with Crippen molar-refractivity contribution in [2.75, 3.05) is 40.4 Å². The Hall–Kier alpha value is -5.31. The number of carbonyl (C=O) groups is 4. The number of carbonyl (C=O) groups excluding carboxylic acids is 4. The van der Waals surface area contributed by atoms with Crippen LogP contribution in [0, 0.1) is 11.3 Å². The number of fused-ring (bicyclic) bond motifs is 1. The fourth-order valence-corrected chi connectivity index (χ4v) is 8.22. The molecule has 3 heterocycles. The summed E-state index contributed by atoms with van der Waals surface area (Å²) >= 11 is 0. The minimum atomic E-state index is -0.992. The predicted molar refractivity (Wildman–Crippen MR) is 228 cm³/mol. The van der Waals surface area contributed by atoms with Gasteiger partial charge >= 0.3 is 0 Å². The average Bonchev–Trinajstić information content (AvgIpc) is 3.51. The quantitative estimate of drug-likeness (QED) is 0.0945. The summed E-state index contributed by atoms with van der Waals surface area (Å²) in [5.41, 5.74) is 15.6. The molecule has 2 aromatic carbocycles. The second-order valence-corrected chi connectivity index (χ2v) is 16.5. The van der Waals surface area contributed by atoms with E-state index in [0.717, 1.165) is 57.3 Å². The first-order chi connectivity index (χ1) is 28.2. The predicted octanol–water partition coefficient (Wildman–Crippen LogP) is 4.97. The zero-order chi connectivity index (χ0) is 42.9. The Balaban J connectivity index is 1.59. The number of nitrogens with one attached hydrogen (secondary N) is 2. The van der Waals surface area contributed by atoms with Gasteiger partial charge in [-0.25, -0.2) is 5.43 Å². The number of rotatable bonds is 19.